The number of nitrogens with two attached hydrogens (primary N) is 1. The summed E-state index contributed by atoms with van der Waals surface area (Å²) in [6.45, 7) is 4.05. The van der Waals surface area contributed by atoms with Crippen LogP contribution in [0.3, 0.4) is 0 Å². The fourth-order valence-electron chi connectivity index (χ4n) is 1.53. The van der Waals surface area contributed by atoms with E-state index in [4.69, 9.17) is 10.6 Å². The molecule has 1 heterocycles. The van der Waals surface area contributed by atoms with E-state index in [0.717, 1.165) is 0 Å². The molecule has 4 N–H and O–H groups in total. The Morgan fingerprint density at radius 2 is 2.26 bits per heavy atom. The first-order chi connectivity index (χ1) is 8.97. The summed E-state index contributed by atoms with van der Waals surface area (Å²) >= 11 is 3.32. The number of esters is 1. The van der Waals surface area contributed by atoms with E-state index in [1.807, 2.05) is 13.8 Å². The van der Waals surface area contributed by atoms with Gasteiger partial charge in [0.05, 0.1) is 11.6 Å². The predicted molar refractivity (Wildman–Crippen MR) is 76.4 cm³/mol. The highest BCUT2D eigenvalue weighted by Gasteiger charge is 2.22. The number of methoxy groups -OCH3 is 1. The van der Waals surface area contributed by atoms with Gasteiger partial charge in [0.25, 0.3) is 0 Å². The van der Waals surface area contributed by atoms with Crippen molar-refractivity contribution in [2.75, 3.05) is 17.9 Å². The monoisotopic (exact) mass is 331 g/mol. The summed E-state index contributed by atoms with van der Waals surface area (Å²) in [7, 11) is 1.36. The molecule has 1 unspecified atom stereocenters. The second-order valence-corrected chi connectivity index (χ2v) is 5.24. The van der Waals surface area contributed by atoms with Gasteiger partial charge in [-0.3, -0.25) is 5.43 Å². The minimum atomic E-state index is -0.471. The van der Waals surface area contributed by atoms with E-state index in [2.05, 4.69) is 36.6 Å². The lowest BCUT2D eigenvalue weighted by Crippen LogP contribution is -2.32. The minimum Gasteiger partial charge on any atom is -0.467 e. The molecule has 0 aliphatic heterocycles. The Labute approximate surface area is 120 Å². The average molecular weight is 332 g/mol. The van der Waals surface area contributed by atoms with Gasteiger partial charge < -0.3 is 10.1 Å². The third-order valence-electron chi connectivity index (χ3n) is 2.38. The fourth-order valence-corrected chi connectivity index (χ4v) is 1.84. The molecule has 1 aromatic rings. The summed E-state index contributed by atoms with van der Waals surface area (Å²) < 4.78 is 5.42. The Morgan fingerprint density at radius 3 is 2.79 bits per heavy atom. The number of rotatable bonds is 6. The minimum absolute atomic E-state index is 0.263. The van der Waals surface area contributed by atoms with Crippen molar-refractivity contribution in [3.8, 4) is 0 Å². The van der Waals surface area contributed by atoms with Gasteiger partial charge in [-0.05, 0) is 28.3 Å². The van der Waals surface area contributed by atoms with Gasteiger partial charge in [0.1, 0.15) is 11.9 Å². The van der Waals surface area contributed by atoms with E-state index in [0.29, 0.717) is 22.6 Å². The number of ether oxygens (including phenoxy) is 1. The van der Waals surface area contributed by atoms with Crippen molar-refractivity contribution in [1.82, 2.24) is 9.97 Å². The number of hydrogen-bond donors (Lipinski definition) is 3. The van der Waals surface area contributed by atoms with E-state index in [1.165, 1.54) is 7.11 Å². The van der Waals surface area contributed by atoms with Crippen LogP contribution in [0.4, 0.5) is 11.8 Å². The van der Waals surface area contributed by atoms with Gasteiger partial charge >= 0.3 is 5.97 Å². The standard InChI is InChI=1S/C11H18BrN5O2/c1-6(2)4-8(10(18)19-3)15-9-7(12)5-14-11(16-9)17-13/h5-6,8H,4,13H2,1-3H3,(H2,14,15,16,17). The molecule has 1 rings (SSSR count). The van der Waals surface area contributed by atoms with E-state index >= 15 is 0 Å². The summed E-state index contributed by atoms with van der Waals surface area (Å²) in [5.74, 6) is 6.01. The summed E-state index contributed by atoms with van der Waals surface area (Å²) in [5, 5.41) is 3.04. The fraction of sp³-hybridized carbons (Fsp3) is 0.545. The number of anilines is 2. The average Bonchev–Trinajstić information content (AvgIpc) is 2.38. The zero-order valence-electron chi connectivity index (χ0n) is 11.1. The van der Waals surface area contributed by atoms with Crippen molar-refractivity contribution in [2.45, 2.75) is 26.3 Å². The number of halogens is 1. The normalized spacial score (nSPS) is 12.1. The molecular formula is C11H18BrN5O2. The molecule has 0 spiro atoms. The van der Waals surface area contributed by atoms with Crippen LogP contribution in [-0.4, -0.2) is 29.1 Å². The first-order valence-electron chi connectivity index (χ1n) is 5.81. The van der Waals surface area contributed by atoms with E-state index in [9.17, 15) is 4.79 Å². The predicted octanol–water partition coefficient (Wildman–Crippen LogP) is 1.52. The van der Waals surface area contributed by atoms with Crippen molar-refractivity contribution in [2.24, 2.45) is 11.8 Å². The molecule has 0 aromatic carbocycles. The molecule has 7 nitrogen and oxygen atoms in total. The first-order valence-corrected chi connectivity index (χ1v) is 6.60. The van der Waals surface area contributed by atoms with Gasteiger partial charge in [0.2, 0.25) is 5.95 Å². The highest BCUT2D eigenvalue weighted by molar-refractivity contribution is 9.10. The van der Waals surface area contributed by atoms with Crippen LogP contribution in [0.15, 0.2) is 10.7 Å². The second-order valence-electron chi connectivity index (χ2n) is 4.38. The van der Waals surface area contributed by atoms with Crippen LogP contribution in [0.1, 0.15) is 20.3 Å². The zero-order valence-corrected chi connectivity index (χ0v) is 12.7. The SMILES string of the molecule is COC(=O)C(CC(C)C)Nc1nc(NN)ncc1Br. The third-order valence-corrected chi connectivity index (χ3v) is 2.96. The smallest absolute Gasteiger partial charge is 0.328 e. The summed E-state index contributed by atoms with van der Waals surface area (Å²) in [5.41, 5.74) is 2.35. The largest absolute Gasteiger partial charge is 0.467 e. The Morgan fingerprint density at radius 1 is 1.58 bits per heavy atom. The zero-order chi connectivity index (χ0) is 14.4. The van der Waals surface area contributed by atoms with Crippen molar-refractivity contribution < 1.29 is 9.53 Å². The first kappa shape index (κ1) is 15.6. The molecular weight excluding hydrogens is 314 g/mol. The molecule has 0 fully saturated rings. The number of nitrogens with zero attached hydrogens (tertiary/aromatic N) is 2. The van der Waals surface area contributed by atoms with E-state index < -0.39 is 6.04 Å². The quantitative estimate of drug-likeness (QED) is 0.412. The summed E-state index contributed by atoms with van der Waals surface area (Å²) in [6.07, 6.45) is 2.18. The number of carbonyl (C=O) groups excluding carboxylic acids is 1. The number of nitrogen functional groups attached to an aromatic ring is 1. The summed E-state index contributed by atoms with van der Waals surface area (Å²) in [4.78, 5) is 19.8. The topological polar surface area (TPSA) is 102 Å². The van der Waals surface area contributed by atoms with Crippen molar-refractivity contribution in [3.63, 3.8) is 0 Å². The molecule has 1 aromatic heterocycles. The van der Waals surface area contributed by atoms with Gasteiger partial charge in [-0.1, -0.05) is 13.8 Å². The van der Waals surface area contributed by atoms with Crippen LogP contribution >= 0.6 is 15.9 Å². The maximum Gasteiger partial charge on any atom is 0.328 e. The van der Waals surface area contributed by atoms with Crippen LogP contribution in [0.5, 0.6) is 0 Å². The van der Waals surface area contributed by atoms with Gasteiger partial charge in [0, 0.05) is 6.20 Å². The third kappa shape index (κ3) is 4.64. The van der Waals surface area contributed by atoms with Crippen molar-refractivity contribution in [3.05, 3.63) is 10.7 Å². The van der Waals surface area contributed by atoms with Crippen LogP contribution in [0.2, 0.25) is 0 Å². The molecule has 0 saturated carbocycles. The Balaban J connectivity index is 2.91. The van der Waals surface area contributed by atoms with Crippen molar-refractivity contribution in [1.29, 1.82) is 0 Å². The lowest BCUT2D eigenvalue weighted by atomic mass is 10.0. The molecule has 106 valence electrons. The van der Waals surface area contributed by atoms with E-state index in [1.54, 1.807) is 6.20 Å². The van der Waals surface area contributed by atoms with Crippen molar-refractivity contribution >= 4 is 33.7 Å². The molecule has 0 aliphatic rings. The van der Waals surface area contributed by atoms with Gasteiger partial charge in [-0.2, -0.15) is 4.98 Å². The lowest BCUT2D eigenvalue weighted by Gasteiger charge is -2.19. The van der Waals surface area contributed by atoms with Crippen LogP contribution in [0.25, 0.3) is 0 Å². The Hall–Kier alpha value is -1.41. The number of nitrogens with one attached hydrogen (secondary N) is 2. The summed E-state index contributed by atoms with van der Waals surface area (Å²) in [6, 6.07) is -0.471. The van der Waals surface area contributed by atoms with E-state index in [-0.39, 0.29) is 11.9 Å². The molecule has 8 heteroatoms. The molecule has 0 aliphatic carbocycles. The number of carbonyl (C=O) groups is 1. The molecule has 0 saturated heterocycles. The van der Waals surface area contributed by atoms with Gasteiger partial charge in [0.15, 0.2) is 0 Å². The lowest BCUT2D eigenvalue weighted by molar-refractivity contribution is -0.141. The molecule has 19 heavy (non-hydrogen) atoms. The van der Waals surface area contributed by atoms with Crippen LogP contribution < -0.4 is 16.6 Å². The van der Waals surface area contributed by atoms with Gasteiger partial charge in [-0.15, -0.1) is 0 Å². The number of hydrogen-bond acceptors (Lipinski definition) is 7. The maximum atomic E-state index is 11.7. The number of aromatic nitrogens is 2. The highest BCUT2D eigenvalue weighted by atomic mass is 79.9. The molecule has 0 radical (unpaired) electrons. The Bertz CT molecular complexity index is 441. The van der Waals surface area contributed by atoms with Gasteiger partial charge in [-0.25, -0.2) is 15.6 Å². The maximum absolute atomic E-state index is 11.7. The van der Waals surface area contributed by atoms with Crippen LogP contribution in [0, 0.1) is 5.92 Å². The molecule has 0 amide bonds. The molecule has 1 atom stereocenters. The second kappa shape index (κ2) is 7.25. The number of hydrazine groups is 1. The Kier molecular flexibility index (Phi) is 5.97. The molecule has 0 bridgehead atoms. The highest BCUT2D eigenvalue weighted by Crippen LogP contribution is 2.22. The van der Waals surface area contributed by atoms with Crippen LogP contribution in [-0.2, 0) is 9.53 Å².